The third-order valence-corrected chi connectivity index (χ3v) is 9.34. The van der Waals surface area contributed by atoms with Crippen LogP contribution < -0.4 is 11.1 Å². The van der Waals surface area contributed by atoms with Crippen molar-refractivity contribution < 1.29 is 18.0 Å². The average Bonchev–Trinajstić information content (AvgIpc) is 3.26. The molecular weight excluding hydrogens is 492 g/mol. The molecule has 0 spiro atoms. The lowest BCUT2D eigenvalue weighted by molar-refractivity contribution is -0.115. The maximum absolute atomic E-state index is 13.0. The fourth-order valence-electron chi connectivity index (χ4n) is 3.58. The molecule has 34 heavy (non-hydrogen) atoms. The standard InChI is InChI=1S/C23H24N4O4S3/c24-19(28)15-32-23-25-20(16-7-3-1-4-8-16)22(33-23)26-21(29)17-9-11-18(12-10-17)34(30,31)27-13-5-2-6-14-27/h1,3-4,7-12H,2,5-6,13-15H2,(H2,24,28)(H,26,29). The number of hydrogen-bond acceptors (Lipinski definition) is 7. The molecule has 0 saturated carbocycles. The molecule has 11 heteroatoms. The van der Waals surface area contributed by atoms with Gasteiger partial charge in [-0.25, -0.2) is 13.4 Å². The number of piperidine rings is 1. The molecule has 1 aromatic heterocycles. The van der Waals surface area contributed by atoms with Crippen molar-refractivity contribution in [2.24, 2.45) is 5.73 Å². The average molecular weight is 517 g/mol. The first-order valence-electron chi connectivity index (χ1n) is 10.7. The van der Waals surface area contributed by atoms with Gasteiger partial charge in [0.25, 0.3) is 5.91 Å². The molecule has 2 heterocycles. The number of thiazole rings is 1. The molecule has 0 atom stereocenters. The second kappa shape index (κ2) is 10.7. The summed E-state index contributed by atoms with van der Waals surface area (Å²) in [5.74, 6) is -0.747. The lowest BCUT2D eigenvalue weighted by Crippen LogP contribution is -2.35. The van der Waals surface area contributed by atoms with Crippen molar-refractivity contribution in [3.05, 3.63) is 60.2 Å². The molecule has 178 valence electrons. The van der Waals surface area contributed by atoms with Gasteiger partial charge in [0.05, 0.1) is 10.6 Å². The van der Waals surface area contributed by atoms with Crippen LogP contribution >= 0.6 is 23.1 Å². The molecule has 1 aliphatic rings. The van der Waals surface area contributed by atoms with E-state index < -0.39 is 15.9 Å². The molecule has 0 unspecified atom stereocenters. The maximum Gasteiger partial charge on any atom is 0.256 e. The fourth-order valence-corrected chi connectivity index (χ4v) is 6.90. The highest BCUT2D eigenvalue weighted by molar-refractivity contribution is 8.01. The van der Waals surface area contributed by atoms with E-state index in [1.165, 1.54) is 51.7 Å². The number of nitrogens with zero attached hydrogens (tertiary/aromatic N) is 2. The van der Waals surface area contributed by atoms with E-state index in [2.05, 4.69) is 10.3 Å². The van der Waals surface area contributed by atoms with Gasteiger partial charge in [-0.1, -0.05) is 59.9 Å². The summed E-state index contributed by atoms with van der Waals surface area (Å²) in [5.41, 5.74) is 6.99. The van der Waals surface area contributed by atoms with Crippen LogP contribution in [0.2, 0.25) is 0 Å². The van der Waals surface area contributed by atoms with Gasteiger partial charge in [0.1, 0.15) is 10.7 Å². The largest absolute Gasteiger partial charge is 0.369 e. The number of carbonyl (C=O) groups excluding carboxylic acids is 2. The van der Waals surface area contributed by atoms with Crippen LogP contribution in [-0.2, 0) is 14.8 Å². The second-order valence-corrected chi connectivity index (χ2v) is 11.9. The Balaban J connectivity index is 1.54. The van der Waals surface area contributed by atoms with E-state index in [-0.39, 0.29) is 16.6 Å². The zero-order valence-electron chi connectivity index (χ0n) is 18.3. The number of nitrogens with two attached hydrogens (primary N) is 1. The van der Waals surface area contributed by atoms with Crippen LogP contribution in [0, 0.1) is 0 Å². The van der Waals surface area contributed by atoms with Crippen LogP contribution in [0.1, 0.15) is 29.6 Å². The Kier molecular flexibility index (Phi) is 7.67. The van der Waals surface area contributed by atoms with E-state index in [1.54, 1.807) is 0 Å². The third kappa shape index (κ3) is 5.66. The number of benzene rings is 2. The maximum atomic E-state index is 13.0. The van der Waals surface area contributed by atoms with Crippen LogP contribution in [-0.4, -0.2) is 48.4 Å². The van der Waals surface area contributed by atoms with Gasteiger partial charge < -0.3 is 11.1 Å². The van der Waals surface area contributed by atoms with Crippen molar-refractivity contribution in [2.75, 3.05) is 24.2 Å². The van der Waals surface area contributed by atoms with Gasteiger partial charge >= 0.3 is 0 Å². The predicted molar refractivity (Wildman–Crippen MR) is 134 cm³/mol. The van der Waals surface area contributed by atoms with Crippen LogP contribution in [0.4, 0.5) is 5.00 Å². The van der Waals surface area contributed by atoms with Crippen molar-refractivity contribution in [3.63, 3.8) is 0 Å². The highest BCUT2D eigenvalue weighted by atomic mass is 32.2. The summed E-state index contributed by atoms with van der Waals surface area (Å²) >= 11 is 2.46. The summed E-state index contributed by atoms with van der Waals surface area (Å²) in [5, 5.41) is 3.42. The number of sulfonamides is 1. The molecule has 1 aliphatic heterocycles. The Morgan fingerprint density at radius 3 is 2.35 bits per heavy atom. The zero-order chi connectivity index (χ0) is 24.1. The first-order valence-corrected chi connectivity index (χ1v) is 14.0. The molecule has 4 rings (SSSR count). The highest BCUT2D eigenvalue weighted by Crippen LogP contribution is 2.37. The number of primary amides is 1. The van der Waals surface area contributed by atoms with Crippen LogP contribution in [0.3, 0.4) is 0 Å². The predicted octanol–water partition coefficient (Wildman–Crippen LogP) is 3.81. The van der Waals surface area contributed by atoms with Crippen molar-refractivity contribution >= 4 is 49.9 Å². The lowest BCUT2D eigenvalue weighted by atomic mass is 10.1. The van der Waals surface area contributed by atoms with Gasteiger partial charge in [-0.05, 0) is 37.1 Å². The minimum atomic E-state index is -3.56. The summed E-state index contributed by atoms with van der Waals surface area (Å²) in [6.45, 7) is 1.04. The number of nitrogens with one attached hydrogen (secondary N) is 1. The Bertz CT molecular complexity index is 1270. The van der Waals surface area contributed by atoms with Gasteiger partial charge in [-0.15, -0.1) is 0 Å². The fraction of sp³-hybridized carbons (Fsp3) is 0.261. The monoisotopic (exact) mass is 516 g/mol. The third-order valence-electron chi connectivity index (χ3n) is 5.29. The number of carbonyl (C=O) groups is 2. The number of anilines is 1. The van der Waals surface area contributed by atoms with Gasteiger partial charge in [0.2, 0.25) is 15.9 Å². The number of amides is 2. The molecule has 3 N–H and O–H groups in total. The molecule has 8 nitrogen and oxygen atoms in total. The van der Waals surface area contributed by atoms with E-state index in [0.717, 1.165) is 24.8 Å². The second-order valence-electron chi connectivity index (χ2n) is 7.72. The minimum absolute atomic E-state index is 0.0854. The summed E-state index contributed by atoms with van der Waals surface area (Å²) in [7, 11) is -3.56. The minimum Gasteiger partial charge on any atom is -0.369 e. The van der Waals surface area contributed by atoms with Crippen molar-refractivity contribution in [3.8, 4) is 11.3 Å². The van der Waals surface area contributed by atoms with E-state index in [1.807, 2.05) is 30.3 Å². The Hall–Kier alpha value is -2.73. The zero-order valence-corrected chi connectivity index (χ0v) is 20.7. The summed E-state index contributed by atoms with van der Waals surface area (Å²) < 4.78 is 27.8. The summed E-state index contributed by atoms with van der Waals surface area (Å²) in [6.07, 6.45) is 2.76. The Labute approximate surface area is 206 Å². The molecule has 3 aromatic rings. The number of thioether (sulfide) groups is 1. The number of rotatable bonds is 8. The van der Waals surface area contributed by atoms with E-state index in [9.17, 15) is 18.0 Å². The van der Waals surface area contributed by atoms with Gasteiger partial charge in [0.15, 0.2) is 4.34 Å². The molecule has 0 radical (unpaired) electrons. The van der Waals surface area contributed by atoms with Crippen LogP contribution in [0.25, 0.3) is 11.3 Å². The molecular formula is C23H24N4O4S3. The van der Waals surface area contributed by atoms with Gasteiger partial charge in [-0.2, -0.15) is 4.31 Å². The molecule has 1 fully saturated rings. The quantitative estimate of drug-likeness (QED) is 0.439. The summed E-state index contributed by atoms with van der Waals surface area (Å²) in [6, 6.07) is 15.4. The normalized spacial score (nSPS) is 14.6. The molecule has 2 aromatic carbocycles. The number of hydrogen-bond donors (Lipinski definition) is 2. The Morgan fingerprint density at radius 1 is 1.03 bits per heavy atom. The molecule has 2 amide bonds. The van der Waals surface area contributed by atoms with Gasteiger partial charge in [0, 0.05) is 24.2 Å². The first kappa shape index (κ1) is 24.4. The Morgan fingerprint density at radius 2 is 1.71 bits per heavy atom. The smallest absolute Gasteiger partial charge is 0.256 e. The highest BCUT2D eigenvalue weighted by Gasteiger charge is 2.26. The van der Waals surface area contributed by atoms with Crippen LogP contribution in [0.15, 0.2) is 63.8 Å². The van der Waals surface area contributed by atoms with E-state index >= 15 is 0 Å². The van der Waals surface area contributed by atoms with Crippen molar-refractivity contribution in [2.45, 2.75) is 28.5 Å². The van der Waals surface area contributed by atoms with Crippen molar-refractivity contribution in [1.82, 2.24) is 9.29 Å². The molecule has 0 aliphatic carbocycles. The van der Waals surface area contributed by atoms with E-state index in [0.29, 0.717) is 33.7 Å². The number of aromatic nitrogens is 1. The topological polar surface area (TPSA) is 122 Å². The lowest BCUT2D eigenvalue weighted by Gasteiger charge is -2.25. The first-order chi connectivity index (χ1) is 16.3. The van der Waals surface area contributed by atoms with Crippen molar-refractivity contribution in [1.29, 1.82) is 0 Å². The van der Waals surface area contributed by atoms with Crippen LogP contribution in [0.5, 0.6) is 0 Å². The molecule has 0 bridgehead atoms. The summed E-state index contributed by atoms with van der Waals surface area (Å²) in [4.78, 5) is 28.9. The van der Waals surface area contributed by atoms with Gasteiger partial charge in [-0.3, -0.25) is 9.59 Å². The van der Waals surface area contributed by atoms with E-state index in [4.69, 9.17) is 5.73 Å². The molecule has 1 saturated heterocycles. The SMILES string of the molecule is NC(=O)CSc1nc(-c2ccccc2)c(NC(=O)c2ccc(S(=O)(=O)N3CCCCC3)cc2)s1.